The Labute approximate surface area is 143 Å². The Balaban J connectivity index is 1.89. The van der Waals surface area contributed by atoms with Crippen LogP contribution in [0.25, 0.3) is 0 Å². The predicted octanol–water partition coefficient (Wildman–Crippen LogP) is 3.72. The van der Waals surface area contributed by atoms with Gasteiger partial charge in [0.25, 0.3) is 0 Å². The Morgan fingerprint density at radius 2 is 1.92 bits per heavy atom. The van der Waals surface area contributed by atoms with Crippen LogP contribution in [0.1, 0.15) is 45.6 Å². The number of aryl methyl sites for hydroxylation is 1. The number of rotatable bonds is 5. The van der Waals surface area contributed by atoms with Crippen molar-refractivity contribution >= 4 is 12.1 Å². The van der Waals surface area contributed by atoms with E-state index >= 15 is 0 Å². The molecule has 1 aromatic carbocycles. The van der Waals surface area contributed by atoms with Crippen molar-refractivity contribution in [3.05, 3.63) is 35.9 Å². The zero-order valence-corrected chi connectivity index (χ0v) is 14.7. The van der Waals surface area contributed by atoms with Crippen molar-refractivity contribution in [2.24, 2.45) is 5.92 Å². The van der Waals surface area contributed by atoms with E-state index in [1.165, 1.54) is 10.5 Å². The molecule has 1 aromatic rings. The first-order valence-electron chi connectivity index (χ1n) is 8.52. The molecular weight excluding hydrogens is 306 g/mol. The number of hydrogen-bond acceptors (Lipinski definition) is 3. The maximum atomic E-state index is 12.3. The van der Waals surface area contributed by atoms with Gasteiger partial charge in [0.05, 0.1) is 0 Å². The molecule has 0 spiro atoms. The Morgan fingerprint density at radius 3 is 2.50 bits per heavy atom. The highest BCUT2D eigenvalue weighted by Crippen LogP contribution is 2.29. The molecule has 1 saturated heterocycles. The molecule has 0 aliphatic carbocycles. The lowest BCUT2D eigenvalue weighted by Crippen LogP contribution is -2.43. The third-order valence-corrected chi connectivity index (χ3v) is 4.22. The van der Waals surface area contributed by atoms with Crippen LogP contribution >= 0.6 is 0 Å². The number of amides is 1. The van der Waals surface area contributed by atoms with Crippen LogP contribution in [-0.4, -0.2) is 40.3 Å². The summed E-state index contributed by atoms with van der Waals surface area (Å²) in [4.78, 5) is 25.1. The number of nitrogens with zero attached hydrogens (tertiary/aromatic N) is 1. The van der Waals surface area contributed by atoms with E-state index in [4.69, 9.17) is 4.74 Å². The van der Waals surface area contributed by atoms with Gasteiger partial charge in [-0.2, -0.15) is 0 Å². The van der Waals surface area contributed by atoms with Gasteiger partial charge in [-0.05, 0) is 57.9 Å². The highest BCUT2D eigenvalue weighted by molar-refractivity contribution is 5.81. The minimum absolute atomic E-state index is 0.210. The molecule has 1 aliphatic rings. The maximum absolute atomic E-state index is 12.3. The molecule has 5 heteroatoms. The number of aliphatic carboxylic acids is 1. The molecule has 0 radical (unpaired) electrons. The summed E-state index contributed by atoms with van der Waals surface area (Å²) in [7, 11) is 0. The van der Waals surface area contributed by atoms with Crippen LogP contribution in [0.4, 0.5) is 4.79 Å². The first kappa shape index (κ1) is 18.3. The van der Waals surface area contributed by atoms with E-state index in [1.54, 1.807) is 20.8 Å². The van der Waals surface area contributed by atoms with E-state index in [9.17, 15) is 14.7 Å². The van der Waals surface area contributed by atoms with Gasteiger partial charge < -0.3 is 9.84 Å². The van der Waals surface area contributed by atoms with Crippen LogP contribution in [0.15, 0.2) is 30.3 Å². The topological polar surface area (TPSA) is 66.8 Å². The lowest BCUT2D eigenvalue weighted by Gasteiger charge is -2.26. The molecule has 0 bridgehead atoms. The van der Waals surface area contributed by atoms with Crippen molar-refractivity contribution < 1.29 is 19.4 Å². The third kappa shape index (κ3) is 5.25. The fourth-order valence-corrected chi connectivity index (χ4v) is 3.13. The minimum Gasteiger partial charge on any atom is -0.480 e. The van der Waals surface area contributed by atoms with Gasteiger partial charge in [-0.15, -0.1) is 0 Å². The molecule has 0 aromatic heterocycles. The van der Waals surface area contributed by atoms with Crippen molar-refractivity contribution in [3.8, 4) is 0 Å². The van der Waals surface area contributed by atoms with Gasteiger partial charge in [0.1, 0.15) is 11.6 Å². The van der Waals surface area contributed by atoms with Crippen LogP contribution in [0.2, 0.25) is 0 Å². The average molecular weight is 333 g/mol. The van der Waals surface area contributed by atoms with Crippen molar-refractivity contribution in [2.75, 3.05) is 6.54 Å². The molecule has 2 atom stereocenters. The predicted molar refractivity (Wildman–Crippen MR) is 91.9 cm³/mol. The number of likely N-dealkylation sites (tertiary alicyclic amines) is 1. The van der Waals surface area contributed by atoms with Crippen molar-refractivity contribution in [3.63, 3.8) is 0 Å². The van der Waals surface area contributed by atoms with Crippen LogP contribution in [0.3, 0.4) is 0 Å². The fraction of sp³-hybridized carbons (Fsp3) is 0.579. The highest BCUT2D eigenvalue weighted by atomic mass is 16.6. The second kappa shape index (κ2) is 7.69. The second-order valence-electron chi connectivity index (χ2n) is 7.47. The Hall–Kier alpha value is -2.04. The third-order valence-electron chi connectivity index (χ3n) is 4.22. The summed E-state index contributed by atoms with van der Waals surface area (Å²) in [5.74, 6) is -0.742. The van der Waals surface area contributed by atoms with E-state index < -0.39 is 23.7 Å². The van der Waals surface area contributed by atoms with E-state index in [2.05, 4.69) is 12.1 Å². The van der Waals surface area contributed by atoms with Crippen molar-refractivity contribution in [1.82, 2.24) is 4.90 Å². The molecule has 1 amide bonds. The van der Waals surface area contributed by atoms with E-state index in [-0.39, 0.29) is 5.92 Å². The van der Waals surface area contributed by atoms with Gasteiger partial charge in [-0.25, -0.2) is 9.59 Å². The van der Waals surface area contributed by atoms with Gasteiger partial charge in [0, 0.05) is 6.54 Å². The van der Waals surface area contributed by atoms with Crippen LogP contribution in [0, 0.1) is 5.92 Å². The normalized spacial score (nSPS) is 20.9. The Morgan fingerprint density at radius 1 is 1.25 bits per heavy atom. The largest absolute Gasteiger partial charge is 0.480 e. The monoisotopic (exact) mass is 333 g/mol. The number of carbonyl (C=O) groups is 2. The fourth-order valence-electron chi connectivity index (χ4n) is 3.13. The van der Waals surface area contributed by atoms with E-state index in [0.29, 0.717) is 13.0 Å². The average Bonchev–Trinajstić information content (AvgIpc) is 2.91. The molecular formula is C19H27NO4. The van der Waals surface area contributed by atoms with Gasteiger partial charge in [-0.1, -0.05) is 30.3 Å². The summed E-state index contributed by atoms with van der Waals surface area (Å²) in [6.07, 6.45) is 2.85. The smallest absolute Gasteiger partial charge is 0.411 e. The number of carboxylic acids is 1. The molecule has 2 rings (SSSR count). The van der Waals surface area contributed by atoms with Crippen LogP contribution < -0.4 is 0 Å². The van der Waals surface area contributed by atoms with E-state index in [1.807, 2.05) is 18.2 Å². The van der Waals surface area contributed by atoms with Crippen molar-refractivity contribution in [1.29, 1.82) is 0 Å². The summed E-state index contributed by atoms with van der Waals surface area (Å²) >= 11 is 0. The van der Waals surface area contributed by atoms with Crippen LogP contribution in [-0.2, 0) is 16.0 Å². The lowest BCUT2D eigenvalue weighted by atomic mass is 9.97. The molecule has 0 unspecified atom stereocenters. The Bertz CT molecular complexity index is 564. The zero-order valence-electron chi connectivity index (χ0n) is 14.7. The number of carbonyl (C=O) groups excluding carboxylic acids is 1. The van der Waals surface area contributed by atoms with Crippen molar-refractivity contribution in [2.45, 2.75) is 58.1 Å². The number of hydrogen-bond donors (Lipinski definition) is 1. The van der Waals surface area contributed by atoms with E-state index in [0.717, 1.165) is 19.3 Å². The highest BCUT2D eigenvalue weighted by Gasteiger charge is 2.41. The maximum Gasteiger partial charge on any atom is 0.411 e. The molecule has 0 saturated carbocycles. The summed E-state index contributed by atoms with van der Waals surface area (Å²) in [6.45, 7) is 5.82. The van der Waals surface area contributed by atoms with Gasteiger partial charge in [0.2, 0.25) is 0 Å². The first-order valence-corrected chi connectivity index (χ1v) is 8.52. The molecule has 1 aliphatic heterocycles. The molecule has 24 heavy (non-hydrogen) atoms. The summed E-state index contributed by atoms with van der Waals surface area (Å²) in [5.41, 5.74) is 0.667. The molecule has 5 nitrogen and oxygen atoms in total. The Kier molecular flexibility index (Phi) is 5.86. The molecule has 1 heterocycles. The number of ether oxygens (including phenoxy) is 1. The summed E-state index contributed by atoms with van der Waals surface area (Å²) in [6, 6.07) is 9.46. The minimum atomic E-state index is -0.952. The first-order chi connectivity index (χ1) is 11.3. The van der Waals surface area contributed by atoms with Gasteiger partial charge in [-0.3, -0.25) is 4.90 Å². The zero-order chi connectivity index (χ0) is 17.7. The summed E-state index contributed by atoms with van der Waals surface area (Å²) in [5, 5.41) is 9.40. The SMILES string of the molecule is CC(C)(C)OC(=O)N1C[C@H](CCCc2ccccc2)C[C@H]1C(=O)O. The van der Waals surface area contributed by atoms with Gasteiger partial charge >= 0.3 is 12.1 Å². The number of benzene rings is 1. The molecule has 1 N–H and O–H groups in total. The lowest BCUT2D eigenvalue weighted by molar-refractivity contribution is -0.142. The van der Waals surface area contributed by atoms with Crippen LogP contribution in [0.5, 0.6) is 0 Å². The number of carboxylic acid groups (broad SMARTS) is 1. The van der Waals surface area contributed by atoms with Gasteiger partial charge in [0.15, 0.2) is 0 Å². The summed E-state index contributed by atoms with van der Waals surface area (Å²) < 4.78 is 5.35. The standard InChI is InChI=1S/C19H27NO4/c1-19(2,3)24-18(23)20-13-15(12-16(20)17(21)22)11-7-10-14-8-5-4-6-9-14/h4-6,8-9,15-16H,7,10-13H2,1-3H3,(H,21,22)/t15-,16+/m1/s1. The second-order valence-corrected chi connectivity index (χ2v) is 7.47. The molecule has 1 fully saturated rings. The quantitative estimate of drug-likeness (QED) is 0.892. The molecule has 132 valence electrons.